The molecule has 0 bridgehead atoms. The quantitative estimate of drug-likeness (QED) is 0.455. The molecule has 1 aliphatic carbocycles. The molecule has 28 heavy (non-hydrogen) atoms. The van der Waals surface area contributed by atoms with Gasteiger partial charge in [-0.1, -0.05) is 25.5 Å². The average Bonchev–Trinajstić information content (AvgIpc) is 3.14. The van der Waals surface area contributed by atoms with Gasteiger partial charge in [0, 0.05) is 23.1 Å². The zero-order valence-electron chi connectivity index (χ0n) is 15.4. The van der Waals surface area contributed by atoms with Crippen LogP contribution in [0.25, 0.3) is 6.08 Å². The van der Waals surface area contributed by atoms with E-state index >= 15 is 0 Å². The Balaban J connectivity index is 1.55. The maximum Gasteiger partial charge on any atom is 0.279 e. The van der Waals surface area contributed by atoms with Gasteiger partial charge in [-0.2, -0.15) is 0 Å². The minimum absolute atomic E-state index is 0.0529. The molecular weight excluding hydrogens is 378 g/mol. The van der Waals surface area contributed by atoms with Crippen LogP contribution >= 0.6 is 11.3 Å². The summed E-state index contributed by atoms with van der Waals surface area (Å²) in [6.45, 7) is 2.19. The van der Waals surface area contributed by atoms with Crippen molar-refractivity contribution >= 4 is 34.9 Å². The largest absolute Gasteiger partial charge is 0.279 e. The van der Waals surface area contributed by atoms with Gasteiger partial charge in [-0.05, 0) is 48.4 Å². The molecule has 146 valence electrons. The smallest absolute Gasteiger partial charge is 0.268 e. The molecule has 0 fully saturated rings. The maximum absolute atomic E-state index is 12.3. The lowest BCUT2D eigenvalue weighted by atomic mass is 9.87. The summed E-state index contributed by atoms with van der Waals surface area (Å²) in [5.74, 6) is -0.187. The fourth-order valence-electron chi connectivity index (χ4n) is 3.20. The van der Waals surface area contributed by atoms with Gasteiger partial charge >= 0.3 is 0 Å². The molecule has 2 aromatic rings. The molecule has 7 nitrogen and oxygen atoms in total. The number of hydrogen-bond acceptors (Lipinski definition) is 5. The number of nitrogens with one attached hydrogen (secondary N) is 2. The van der Waals surface area contributed by atoms with Crippen LogP contribution in [0.1, 0.15) is 45.4 Å². The van der Waals surface area contributed by atoms with Gasteiger partial charge in [0.15, 0.2) is 0 Å². The number of thiophene rings is 1. The van der Waals surface area contributed by atoms with Gasteiger partial charge in [-0.25, -0.2) is 0 Å². The minimum Gasteiger partial charge on any atom is -0.268 e. The monoisotopic (exact) mass is 399 g/mol. The van der Waals surface area contributed by atoms with E-state index in [4.69, 9.17) is 0 Å². The van der Waals surface area contributed by atoms with Crippen LogP contribution in [0.2, 0.25) is 0 Å². The SMILES string of the molecule is CC[C@@H]1CCc2sc(C(=O)NNC(=O)/C=C/c3cccc([N+](=O)[O-])c3)cc2C1. The molecule has 0 saturated heterocycles. The molecule has 2 amide bonds. The van der Waals surface area contributed by atoms with E-state index < -0.39 is 10.8 Å². The number of hydrogen-bond donors (Lipinski definition) is 2. The third-order valence-electron chi connectivity index (χ3n) is 4.79. The molecule has 3 rings (SSSR count). The second kappa shape index (κ2) is 8.79. The molecule has 1 aromatic heterocycles. The molecule has 2 N–H and O–H groups in total. The number of rotatable bonds is 5. The van der Waals surface area contributed by atoms with Crippen LogP contribution in [-0.4, -0.2) is 16.7 Å². The number of nitro benzene ring substituents is 1. The highest BCUT2D eigenvalue weighted by Gasteiger charge is 2.22. The third kappa shape index (κ3) is 4.83. The lowest BCUT2D eigenvalue weighted by Gasteiger charge is -2.19. The van der Waals surface area contributed by atoms with Crippen LogP contribution in [0.5, 0.6) is 0 Å². The molecule has 1 atom stereocenters. The normalized spacial score (nSPS) is 15.8. The van der Waals surface area contributed by atoms with E-state index in [0.717, 1.165) is 25.7 Å². The molecular formula is C20H21N3O4S. The van der Waals surface area contributed by atoms with Gasteiger partial charge in [0.05, 0.1) is 9.80 Å². The van der Waals surface area contributed by atoms with Crippen molar-refractivity contribution in [1.29, 1.82) is 0 Å². The van der Waals surface area contributed by atoms with Crippen molar-refractivity contribution in [2.24, 2.45) is 5.92 Å². The predicted octanol–water partition coefficient (Wildman–Crippen LogP) is 3.65. The van der Waals surface area contributed by atoms with Crippen LogP contribution in [0.3, 0.4) is 0 Å². The van der Waals surface area contributed by atoms with Crippen LogP contribution in [0.4, 0.5) is 5.69 Å². The van der Waals surface area contributed by atoms with Crippen molar-refractivity contribution in [3.8, 4) is 0 Å². The first-order valence-corrected chi connectivity index (χ1v) is 9.92. The van der Waals surface area contributed by atoms with Gasteiger partial charge in [0.1, 0.15) is 0 Å². The van der Waals surface area contributed by atoms with Crippen LogP contribution in [0.15, 0.2) is 36.4 Å². The topological polar surface area (TPSA) is 101 Å². The fourth-order valence-corrected chi connectivity index (χ4v) is 4.30. The Bertz CT molecular complexity index is 935. The summed E-state index contributed by atoms with van der Waals surface area (Å²) in [6.07, 6.45) is 6.97. The number of fused-ring (bicyclic) bond motifs is 1. The summed E-state index contributed by atoms with van der Waals surface area (Å²) < 4.78 is 0. The van der Waals surface area contributed by atoms with E-state index in [9.17, 15) is 19.7 Å². The molecule has 0 radical (unpaired) electrons. The Morgan fingerprint density at radius 2 is 2.14 bits per heavy atom. The number of hydrazine groups is 1. The summed E-state index contributed by atoms with van der Waals surface area (Å²) in [7, 11) is 0. The van der Waals surface area contributed by atoms with Crippen molar-refractivity contribution in [3.63, 3.8) is 0 Å². The van der Waals surface area contributed by atoms with Crippen molar-refractivity contribution < 1.29 is 14.5 Å². The van der Waals surface area contributed by atoms with Gasteiger partial charge in [0.25, 0.3) is 17.5 Å². The molecule has 8 heteroatoms. The highest BCUT2D eigenvalue weighted by molar-refractivity contribution is 7.14. The molecule has 0 spiro atoms. The van der Waals surface area contributed by atoms with Gasteiger partial charge < -0.3 is 0 Å². The fraction of sp³-hybridized carbons (Fsp3) is 0.300. The molecule has 1 aliphatic rings. The maximum atomic E-state index is 12.3. The standard InChI is InChI=1S/C20H21N3O4S/c1-2-13-6-8-17-15(10-13)12-18(28-17)20(25)22-21-19(24)9-7-14-4-3-5-16(11-14)23(26)27/h3-5,7,9,11-13H,2,6,8,10H2,1H3,(H,21,24)(H,22,25)/b9-7+/t13-/m1/s1. The van der Waals surface area contributed by atoms with E-state index in [-0.39, 0.29) is 11.6 Å². The molecule has 0 unspecified atom stereocenters. The van der Waals surface area contributed by atoms with E-state index in [1.165, 1.54) is 46.1 Å². The Kier molecular flexibility index (Phi) is 6.20. The number of carbonyl (C=O) groups is 2. The first-order chi connectivity index (χ1) is 13.5. The zero-order chi connectivity index (χ0) is 20.1. The summed E-state index contributed by atoms with van der Waals surface area (Å²) in [5, 5.41) is 10.8. The Labute approximate surface area is 166 Å². The van der Waals surface area contributed by atoms with E-state index in [2.05, 4.69) is 17.8 Å². The Morgan fingerprint density at radius 3 is 2.89 bits per heavy atom. The first-order valence-electron chi connectivity index (χ1n) is 9.10. The number of aryl methyl sites for hydroxylation is 1. The number of carbonyl (C=O) groups excluding carboxylic acids is 2. The Morgan fingerprint density at radius 1 is 1.32 bits per heavy atom. The van der Waals surface area contributed by atoms with E-state index in [0.29, 0.717) is 16.4 Å². The lowest BCUT2D eigenvalue weighted by Crippen LogP contribution is -2.40. The number of non-ortho nitro benzene ring substituents is 1. The first kappa shape index (κ1) is 19.8. The van der Waals surface area contributed by atoms with Crippen molar-refractivity contribution in [3.05, 3.63) is 67.4 Å². The van der Waals surface area contributed by atoms with Crippen LogP contribution < -0.4 is 10.9 Å². The predicted molar refractivity (Wildman–Crippen MR) is 108 cm³/mol. The number of nitrogens with zero attached hydrogens (tertiary/aromatic N) is 1. The average molecular weight is 399 g/mol. The lowest BCUT2D eigenvalue weighted by molar-refractivity contribution is -0.384. The van der Waals surface area contributed by atoms with Crippen molar-refractivity contribution in [1.82, 2.24) is 10.9 Å². The number of amides is 2. The van der Waals surface area contributed by atoms with E-state index in [1.807, 2.05) is 6.07 Å². The van der Waals surface area contributed by atoms with Crippen LogP contribution in [-0.2, 0) is 17.6 Å². The number of nitro groups is 1. The second-order valence-corrected chi connectivity index (χ2v) is 7.84. The summed E-state index contributed by atoms with van der Waals surface area (Å²) in [5.41, 5.74) is 6.46. The molecule has 0 aliphatic heterocycles. The van der Waals surface area contributed by atoms with Crippen molar-refractivity contribution in [2.75, 3.05) is 0 Å². The zero-order valence-corrected chi connectivity index (χ0v) is 16.3. The molecule has 1 heterocycles. The molecule has 1 aromatic carbocycles. The Hall–Kier alpha value is -3.00. The highest BCUT2D eigenvalue weighted by atomic mass is 32.1. The van der Waals surface area contributed by atoms with Crippen LogP contribution in [0, 0.1) is 16.0 Å². The van der Waals surface area contributed by atoms with Gasteiger partial charge in [-0.15, -0.1) is 11.3 Å². The summed E-state index contributed by atoms with van der Waals surface area (Å²) >= 11 is 1.48. The van der Waals surface area contributed by atoms with Gasteiger partial charge in [-0.3, -0.25) is 30.6 Å². The van der Waals surface area contributed by atoms with Gasteiger partial charge in [0.2, 0.25) is 0 Å². The third-order valence-corrected chi connectivity index (χ3v) is 6.03. The number of benzene rings is 1. The minimum atomic E-state index is -0.521. The second-order valence-electron chi connectivity index (χ2n) is 6.70. The van der Waals surface area contributed by atoms with E-state index in [1.54, 1.807) is 12.1 Å². The van der Waals surface area contributed by atoms with Crippen molar-refractivity contribution in [2.45, 2.75) is 32.6 Å². The molecule has 0 saturated carbocycles. The highest BCUT2D eigenvalue weighted by Crippen LogP contribution is 2.33. The summed E-state index contributed by atoms with van der Waals surface area (Å²) in [4.78, 5) is 36.3. The summed E-state index contributed by atoms with van der Waals surface area (Å²) in [6, 6.07) is 7.85.